The largest absolute Gasteiger partial charge is 0.444 e. The first-order chi connectivity index (χ1) is 13.7. The Labute approximate surface area is 174 Å². The molecule has 2 heterocycles. The zero-order valence-electron chi connectivity index (χ0n) is 18.4. The number of alkyl carbamates (subject to hydrolysis) is 1. The van der Waals surface area contributed by atoms with Crippen molar-refractivity contribution in [3.63, 3.8) is 0 Å². The molecule has 0 radical (unpaired) electrons. The van der Waals surface area contributed by atoms with Crippen molar-refractivity contribution >= 4 is 6.09 Å². The summed E-state index contributed by atoms with van der Waals surface area (Å²) in [5, 5.41) is 13.0. The first kappa shape index (κ1) is 22.8. The number of rotatable bonds is 8. The molecule has 29 heavy (non-hydrogen) atoms. The zero-order chi connectivity index (χ0) is 21.1. The van der Waals surface area contributed by atoms with E-state index >= 15 is 0 Å². The number of nitrogens with one attached hydrogen (secondary N) is 1. The average molecular weight is 414 g/mol. The first-order valence-electron chi connectivity index (χ1n) is 11.3. The molecule has 5 atom stereocenters. The van der Waals surface area contributed by atoms with Crippen LogP contribution in [0.4, 0.5) is 4.79 Å². The van der Waals surface area contributed by atoms with Crippen LogP contribution in [-0.2, 0) is 18.9 Å². The summed E-state index contributed by atoms with van der Waals surface area (Å²) in [5.74, 6) is -0.0542. The molecule has 5 unspecified atom stereocenters. The van der Waals surface area contributed by atoms with Gasteiger partial charge < -0.3 is 29.4 Å². The van der Waals surface area contributed by atoms with E-state index in [0.29, 0.717) is 26.1 Å². The third-order valence-electron chi connectivity index (χ3n) is 6.37. The Morgan fingerprint density at radius 2 is 1.90 bits per heavy atom. The van der Waals surface area contributed by atoms with E-state index in [0.717, 1.165) is 25.7 Å². The molecule has 1 aliphatic carbocycles. The van der Waals surface area contributed by atoms with Crippen molar-refractivity contribution in [2.75, 3.05) is 13.2 Å². The van der Waals surface area contributed by atoms with Crippen LogP contribution in [0.2, 0.25) is 0 Å². The van der Waals surface area contributed by atoms with Crippen LogP contribution in [-0.4, -0.2) is 54.2 Å². The minimum atomic E-state index is -0.701. The van der Waals surface area contributed by atoms with E-state index in [-0.39, 0.29) is 30.1 Å². The van der Waals surface area contributed by atoms with Gasteiger partial charge in [-0.15, -0.1) is 0 Å². The molecule has 0 aromatic rings. The highest BCUT2D eigenvalue weighted by Crippen LogP contribution is 2.46. The lowest BCUT2D eigenvalue weighted by Gasteiger charge is -2.32. The van der Waals surface area contributed by atoms with E-state index in [4.69, 9.17) is 18.9 Å². The third kappa shape index (κ3) is 6.06. The molecule has 0 aromatic carbocycles. The van der Waals surface area contributed by atoms with Crippen molar-refractivity contribution < 1.29 is 28.8 Å². The lowest BCUT2D eigenvalue weighted by molar-refractivity contribution is -0.170. The Bertz CT molecular complexity index is 542. The molecule has 0 spiro atoms. The van der Waals surface area contributed by atoms with Gasteiger partial charge in [-0.2, -0.15) is 0 Å². The topological polar surface area (TPSA) is 86.3 Å². The fraction of sp³-hybridized carbons (Fsp3) is 0.955. The summed E-state index contributed by atoms with van der Waals surface area (Å²) in [7, 11) is 0. The molecule has 3 aliphatic rings. The van der Waals surface area contributed by atoms with Crippen molar-refractivity contribution in [2.45, 2.75) is 109 Å². The minimum Gasteiger partial charge on any atom is -0.444 e. The number of aliphatic hydroxyl groups is 1. The zero-order valence-corrected chi connectivity index (χ0v) is 18.4. The highest BCUT2D eigenvalue weighted by atomic mass is 16.7. The number of carbonyl (C=O) groups is 1. The number of amides is 1. The lowest BCUT2D eigenvalue weighted by Crippen LogP contribution is -2.43. The molecule has 2 saturated heterocycles. The maximum atomic E-state index is 12.4. The van der Waals surface area contributed by atoms with Gasteiger partial charge in [0.25, 0.3) is 0 Å². The number of fused-ring (bicyclic) bond motifs is 1. The molecule has 1 amide bonds. The smallest absolute Gasteiger partial charge is 0.407 e. The van der Waals surface area contributed by atoms with Crippen molar-refractivity contribution in [3.8, 4) is 0 Å². The molecule has 7 heteroatoms. The van der Waals surface area contributed by atoms with Gasteiger partial charge >= 0.3 is 6.09 Å². The van der Waals surface area contributed by atoms with Gasteiger partial charge in [-0.25, -0.2) is 4.79 Å². The number of aliphatic hydroxyl groups excluding tert-OH is 1. The second-order valence-corrected chi connectivity index (χ2v) is 9.78. The van der Waals surface area contributed by atoms with Crippen molar-refractivity contribution in [1.29, 1.82) is 0 Å². The van der Waals surface area contributed by atoms with Gasteiger partial charge in [0.1, 0.15) is 5.60 Å². The molecule has 0 bridgehead atoms. The summed E-state index contributed by atoms with van der Waals surface area (Å²) in [6.45, 7) is 9.07. The quantitative estimate of drug-likeness (QED) is 0.590. The lowest BCUT2D eigenvalue weighted by atomic mass is 9.85. The Morgan fingerprint density at radius 3 is 2.55 bits per heavy atom. The van der Waals surface area contributed by atoms with Crippen molar-refractivity contribution in [3.05, 3.63) is 0 Å². The highest BCUT2D eigenvalue weighted by molar-refractivity contribution is 5.68. The average Bonchev–Trinajstić information content (AvgIpc) is 3.27. The van der Waals surface area contributed by atoms with E-state index in [2.05, 4.69) is 12.2 Å². The number of carbonyl (C=O) groups excluding carboxylic acids is 1. The molecule has 0 aromatic heterocycles. The Kier molecular flexibility index (Phi) is 7.46. The summed E-state index contributed by atoms with van der Waals surface area (Å²) in [6, 6.07) is -0.0264. The fourth-order valence-corrected chi connectivity index (χ4v) is 5.13. The summed E-state index contributed by atoms with van der Waals surface area (Å²) in [4.78, 5) is 12.4. The van der Waals surface area contributed by atoms with Gasteiger partial charge in [0.2, 0.25) is 0 Å². The second kappa shape index (κ2) is 9.50. The van der Waals surface area contributed by atoms with Crippen LogP contribution in [0.1, 0.15) is 79.1 Å². The summed E-state index contributed by atoms with van der Waals surface area (Å²) in [6.07, 6.45) is 6.22. The molecule has 2 aliphatic heterocycles. The van der Waals surface area contributed by atoms with Crippen molar-refractivity contribution in [2.24, 2.45) is 11.8 Å². The van der Waals surface area contributed by atoms with Gasteiger partial charge in [0, 0.05) is 25.3 Å². The van der Waals surface area contributed by atoms with Crippen LogP contribution >= 0.6 is 0 Å². The van der Waals surface area contributed by atoms with Gasteiger partial charge in [0.05, 0.1) is 19.3 Å². The minimum absolute atomic E-state index is 0.0172. The SMILES string of the molecule is CCCCCC1(CCC2C(NC(=O)OC(C)(C)C)CC3OC(O)CC32)OCCO1. The van der Waals surface area contributed by atoms with Gasteiger partial charge in [-0.05, 0) is 51.9 Å². The Morgan fingerprint density at radius 1 is 1.17 bits per heavy atom. The summed E-state index contributed by atoms with van der Waals surface area (Å²) in [5.41, 5.74) is -0.532. The fourth-order valence-electron chi connectivity index (χ4n) is 5.13. The molecule has 3 fully saturated rings. The van der Waals surface area contributed by atoms with E-state index in [1.54, 1.807) is 0 Å². The predicted octanol–water partition coefficient (Wildman–Crippen LogP) is 3.73. The Balaban J connectivity index is 1.63. The number of hydrogen-bond acceptors (Lipinski definition) is 6. The van der Waals surface area contributed by atoms with Crippen LogP contribution in [0.15, 0.2) is 0 Å². The standard InChI is InChI=1S/C22H39NO6/c1-5-6-7-9-22(26-11-12-27-22)10-8-15-16-13-19(24)28-18(16)14-17(15)23-20(25)29-21(2,3)4/h15-19,24H,5-14H2,1-4H3,(H,23,25). The number of unbranched alkanes of at least 4 members (excludes halogenated alkanes) is 2. The molecular formula is C22H39NO6. The van der Waals surface area contributed by atoms with E-state index in [1.165, 1.54) is 12.8 Å². The van der Waals surface area contributed by atoms with E-state index in [9.17, 15) is 9.90 Å². The maximum absolute atomic E-state index is 12.4. The normalized spacial score (nSPS) is 33.6. The Hall–Kier alpha value is -0.890. The second-order valence-electron chi connectivity index (χ2n) is 9.78. The monoisotopic (exact) mass is 413 g/mol. The van der Waals surface area contributed by atoms with Crippen LogP contribution in [0.25, 0.3) is 0 Å². The molecule has 3 rings (SSSR count). The molecule has 168 valence electrons. The van der Waals surface area contributed by atoms with Crippen molar-refractivity contribution in [1.82, 2.24) is 5.32 Å². The van der Waals surface area contributed by atoms with Crippen LogP contribution in [0.5, 0.6) is 0 Å². The predicted molar refractivity (Wildman–Crippen MR) is 108 cm³/mol. The van der Waals surface area contributed by atoms with Crippen LogP contribution in [0, 0.1) is 11.8 Å². The van der Waals surface area contributed by atoms with Crippen LogP contribution < -0.4 is 5.32 Å². The number of ether oxygens (including phenoxy) is 4. The molecule has 1 saturated carbocycles. The molecule has 2 N–H and O–H groups in total. The van der Waals surface area contributed by atoms with Gasteiger partial charge in [0.15, 0.2) is 12.1 Å². The van der Waals surface area contributed by atoms with E-state index < -0.39 is 17.7 Å². The molecular weight excluding hydrogens is 374 g/mol. The van der Waals surface area contributed by atoms with Gasteiger partial charge in [-0.1, -0.05) is 19.8 Å². The summed E-state index contributed by atoms with van der Waals surface area (Å²) >= 11 is 0. The maximum Gasteiger partial charge on any atom is 0.407 e. The summed E-state index contributed by atoms with van der Waals surface area (Å²) < 4.78 is 23.3. The van der Waals surface area contributed by atoms with Gasteiger partial charge in [-0.3, -0.25) is 0 Å². The van der Waals surface area contributed by atoms with Crippen LogP contribution in [0.3, 0.4) is 0 Å². The first-order valence-corrected chi connectivity index (χ1v) is 11.3. The highest BCUT2D eigenvalue weighted by Gasteiger charge is 2.50. The number of hydrogen-bond donors (Lipinski definition) is 2. The molecule has 7 nitrogen and oxygen atoms in total. The third-order valence-corrected chi connectivity index (χ3v) is 6.37. The van der Waals surface area contributed by atoms with E-state index in [1.807, 2.05) is 20.8 Å².